The van der Waals surface area contributed by atoms with Gasteiger partial charge in [-0.1, -0.05) is 17.2 Å². The van der Waals surface area contributed by atoms with Gasteiger partial charge in [-0.25, -0.2) is 0 Å². The number of nitrogens with zero attached hydrogens (tertiary/aromatic N) is 1. The fourth-order valence-electron chi connectivity index (χ4n) is 1.25. The van der Waals surface area contributed by atoms with Crippen LogP contribution in [0.15, 0.2) is 0 Å². The first-order chi connectivity index (χ1) is 4.80. The molecule has 0 saturated carbocycles. The van der Waals surface area contributed by atoms with Gasteiger partial charge in [0.05, 0.1) is 0 Å². The molecule has 66 valence electrons. The molecule has 4 heteroatoms. The second kappa shape index (κ2) is 5.69. The number of hydrogen-bond acceptors (Lipinski definition) is 2. The Morgan fingerprint density at radius 3 is 1.91 bits per heavy atom. The highest BCUT2D eigenvalue weighted by Gasteiger charge is 2.04. The van der Waals surface area contributed by atoms with Gasteiger partial charge in [-0.15, -0.1) is 0 Å². The second-order valence-electron chi connectivity index (χ2n) is 2.67. The molecular formula is C7H16N2S2. The van der Waals surface area contributed by atoms with Gasteiger partial charge in [0.1, 0.15) is 0 Å². The summed E-state index contributed by atoms with van der Waals surface area (Å²) < 4.78 is 0.655. The van der Waals surface area contributed by atoms with Crippen molar-refractivity contribution in [2.45, 2.75) is 25.7 Å². The third kappa shape index (κ3) is 3.84. The van der Waals surface area contributed by atoms with Gasteiger partial charge in [0, 0.05) is 13.1 Å². The van der Waals surface area contributed by atoms with E-state index in [2.05, 4.69) is 4.90 Å². The van der Waals surface area contributed by atoms with Crippen molar-refractivity contribution < 1.29 is 0 Å². The molecule has 0 amide bonds. The van der Waals surface area contributed by atoms with Crippen LogP contribution < -0.4 is 6.15 Å². The molecule has 0 aliphatic carbocycles. The molecule has 0 spiro atoms. The van der Waals surface area contributed by atoms with Gasteiger partial charge < -0.3 is 35.9 Å². The number of hydrogen-bond donors (Lipinski definition) is 1. The lowest BCUT2D eigenvalue weighted by Crippen LogP contribution is -2.28. The zero-order valence-electron chi connectivity index (χ0n) is 7.01. The largest absolute Gasteiger partial charge is 0.411 e. The zero-order valence-corrected chi connectivity index (χ0v) is 8.64. The van der Waals surface area contributed by atoms with Crippen molar-refractivity contribution in [2.24, 2.45) is 0 Å². The molecule has 1 fully saturated rings. The van der Waals surface area contributed by atoms with Crippen LogP contribution in [0, 0.1) is 0 Å². The number of thiocarbonyl (C=S) groups is 1. The molecule has 1 aliphatic rings. The maximum absolute atomic E-state index is 4.92. The van der Waals surface area contributed by atoms with Gasteiger partial charge in [-0.2, -0.15) is 0 Å². The predicted octanol–water partition coefficient (Wildman–Crippen LogP) is 2.07. The van der Waals surface area contributed by atoms with Gasteiger partial charge in [0.25, 0.3) is 0 Å². The number of rotatable bonds is 0. The fraction of sp³-hybridized carbons (Fsp3) is 0.857. The Kier molecular flexibility index (Phi) is 5.72. The molecule has 0 aromatic carbocycles. The summed E-state index contributed by atoms with van der Waals surface area (Å²) in [5.41, 5.74) is 0. The molecule has 1 aliphatic heterocycles. The van der Waals surface area contributed by atoms with E-state index >= 15 is 0 Å². The number of likely N-dealkylation sites (tertiary alicyclic amines) is 1. The van der Waals surface area contributed by atoms with Crippen molar-refractivity contribution in [3.05, 3.63) is 0 Å². The maximum atomic E-state index is 4.92. The normalized spacial score (nSPS) is 18.4. The summed E-state index contributed by atoms with van der Waals surface area (Å²) in [5, 5.41) is 0. The highest BCUT2D eigenvalue weighted by molar-refractivity contribution is 8.00. The molecule has 1 rings (SSSR count). The summed E-state index contributed by atoms with van der Waals surface area (Å²) >= 11 is 9.83. The minimum Gasteiger partial charge on any atom is -0.411 e. The van der Waals surface area contributed by atoms with E-state index in [1.54, 1.807) is 0 Å². The second-order valence-corrected chi connectivity index (χ2v) is 3.70. The van der Waals surface area contributed by atoms with E-state index in [1.807, 2.05) is 0 Å². The summed E-state index contributed by atoms with van der Waals surface area (Å²) in [5.74, 6) is 0. The summed E-state index contributed by atoms with van der Waals surface area (Å²) in [6, 6.07) is 0. The Balaban J connectivity index is 0.000001000. The molecule has 0 aromatic heterocycles. The first-order valence-electron chi connectivity index (χ1n) is 3.76. The lowest BCUT2D eigenvalue weighted by atomic mass is 10.2. The lowest BCUT2D eigenvalue weighted by Gasteiger charge is -2.26. The van der Waals surface area contributed by atoms with E-state index in [4.69, 9.17) is 24.8 Å². The van der Waals surface area contributed by atoms with Gasteiger partial charge in [-0.05, 0) is 12.8 Å². The minimum atomic E-state index is 0. The molecule has 0 unspecified atom stereocenters. The lowest BCUT2D eigenvalue weighted by molar-refractivity contribution is 0.450. The van der Waals surface area contributed by atoms with Crippen LogP contribution in [-0.2, 0) is 12.6 Å². The molecule has 11 heavy (non-hydrogen) atoms. The van der Waals surface area contributed by atoms with Crippen LogP contribution in [-0.4, -0.2) is 22.3 Å². The van der Waals surface area contributed by atoms with Gasteiger partial charge in [-0.3, -0.25) is 0 Å². The van der Waals surface area contributed by atoms with Crippen LogP contribution >= 0.6 is 12.2 Å². The molecule has 0 aromatic rings. The first kappa shape index (κ1) is 11.1. The predicted molar refractivity (Wildman–Crippen MR) is 56.0 cm³/mol. The van der Waals surface area contributed by atoms with E-state index in [0.717, 1.165) is 13.1 Å². The maximum Gasteiger partial charge on any atom is 0.0162 e. The van der Waals surface area contributed by atoms with Crippen molar-refractivity contribution in [3.8, 4) is 0 Å². The third-order valence-corrected chi connectivity index (χ3v) is 2.38. The molecule has 0 radical (unpaired) electrons. The van der Waals surface area contributed by atoms with Crippen molar-refractivity contribution in [1.29, 1.82) is 0 Å². The fourth-order valence-corrected chi connectivity index (χ4v) is 1.62. The Morgan fingerprint density at radius 2 is 1.55 bits per heavy atom. The van der Waals surface area contributed by atoms with Gasteiger partial charge in [0.2, 0.25) is 0 Å². The Morgan fingerprint density at radius 1 is 1.09 bits per heavy atom. The summed E-state index contributed by atoms with van der Waals surface area (Å²) in [6.07, 6.45) is 5.20. The van der Waals surface area contributed by atoms with Crippen molar-refractivity contribution >= 4 is 29.2 Å². The van der Waals surface area contributed by atoms with Crippen LogP contribution in [0.5, 0.6) is 0 Å². The quantitative estimate of drug-likeness (QED) is 0.472. The van der Waals surface area contributed by atoms with Crippen LogP contribution in [0.4, 0.5) is 0 Å². The summed E-state index contributed by atoms with van der Waals surface area (Å²) in [4.78, 5) is 2.14. The first-order valence-corrected chi connectivity index (χ1v) is 4.58. The van der Waals surface area contributed by atoms with E-state index < -0.39 is 0 Å². The van der Waals surface area contributed by atoms with Crippen LogP contribution in [0.2, 0.25) is 0 Å². The van der Waals surface area contributed by atoms with Crippen molar-refractivity contribution in [3.63, 3.8) is 0 Å². The van der Waals surface area contributed by atoms with Crippen LogP contribution in [0.3, 0.4) is 0 Å². The monoisotopic (exact) mass is 192 g/mol. The molecule has 4 N–H and O–H groups in total. The molecule has 0 atom stereocenters. The van der Waals surface area contributed by atoms with E-state index in [-0.39, 0.29) is 6.15 Å². The van der Waals surface area contributed by atoms with E-state index in [1.165, 1.54) is 25.7 Å². The average molecular weight is 192 g/mol. The van der Waals surface area contributed by atoms with Crippen LogP contribution in [0.1, 0.15) is 25.7 Å². The van der Waals surface area contributed by atoms with Crippen molar-refractivity contribution in [2.75, 3.05) is 13.1 Å². The standard InChI is InChI=1S/C7H13NS2.H3N/c9-7(10)8-5-3-1-2-4-6-8;/h1-6H2,(H,9,10);1H3. The highest BCUT2D eigenvalue weighted by atomic mass is 32.1. The minimum absolute atomic E-state index is 0. The van der Waals surface area contributed by atoms with Crippen LogP contribution in [0.25, 0.3) is 0 Å². The molecule has 1 heterocycles. The SMILES string of the molecule is S=C([S-])N1CCCCCC1.[NH4+]. The third-order valence-electron chi connectivity index (χ3n) is 1.86. The summed E-state index contributed by atoms with van der Waals surface area (Å²) in [7, 11) is 0. The molecule has 1 saturated heterocycles. The zero-order chi connectivity index (χ0) is 7.40. The van der Waals surface area contributed by atoms with E-state index in [0.29, 0.717) is 4.32 Å². The topological polar surface area (TPSA) is 39.7 Å². The van der Waals surface area contributed by atoms with E-state index in [9.17, 15) is 0 Å². The molecular weight excluding hydrogens is 176 g/mol. The van der Waals surface area contributed by atoms with Gasteiger partial charge >= 0.3 is 0 Å². The number of quaternary nitrogens is 1. The average Bonchev–Trinajstić information content (AvgIpc) is 2.12. The molecule has 2 nitrogen and oxygen atoms in total. The Labute approximate surface area is 79.3 Å². The summed E-state index contributed by atoms with van der Waals surface area (Å²) in [6.45, 7) is 2.17. The Bertz CT molecular complexity index is 120. The van der Waals surface area contributed by atoms with Gasteiger partial charge in [0.15, 0.2) is 0 Å². The molecule has 0 bridgehead atoms. The smallest absolute Gasteiger partial charge is 0.0162 e. The van der Waals surface area contributed by atoms with Crippen molar-refractivity contribution in [1.82, 2.24) is 11.1 Å². The Hall–Kier alpha value is 0.0700. The highest BCUT2D eigenvalue weighted by Crippen LogP contribution is 2.09.